The van der Waals surface area contributed by atoms with E-state index < -0.39 is 11.9 Å². The molecule has 0 aliphatic carbocycles. The minimum Gasteiger partial charge on any atom is -0.361 e. The molecule has 0 bridgehead atoms. The topological polar surface area (TPSA) is 125 Å². The zero-order chi connectivity index (χ0) is 19.3. The Labute approximate surface area is 152 Å². The van der Waals surface area contributed by atoms with Gasteiger partial charge in [0.1, 0.15) is 11.8 Å². The molecule has 2 rings (SSSR count). The van der Waals surface area contributed by atoms with Gasteiger partial charge in [0.25, 0.3) is 11.8 Å². The van der Waals surface area contributed by atoms with Crippen molar-refractivity contribution < 1.29 is 18.9 Å². The van der Waals surface area contributed by atoms with Crippen LogP contribution in [0.5, 0.6) is 0 Å². The van der Waals surface area contributed by atoms with Crippen LogP contribution >= 0.6 is 0 Å². The Morgan fingerprint density at radius 2 is 2.15 bits per heavy atom. The van der Waals surface area contributed by atoms with E-state index in [-0.39, 0.29) is 28.8 Å². The Morgan fingerprint density at radius 3 is 2.69 bits per heavy atom. The van der Waals surface area contributed by atoms with Crippen LogP contribution in [0.15, 0.2) is 10.6 Å². The van der Waals surface area contributed by atoms with E-state index in [1.54, 1.807) is 6.92 Å². The van der Waals surface area contributed by atoms with E-state index >= 15 is 0 Å². The van der Waals surface area contributed by atoms with Gasteiger partial charge in [-0.05, 0) is 25.2 Å². The highest BCUT2D eigenvalue weighted by atomic mass is 16.5. The van der Waals surface area contributed by atoms with E-state index in [9.17, 15) is 14.4 Å². The Bertz CT molecular complexity index is 664. The molecule has 1 aliphatic heterocycles. The third kappa shape index (κ3) is 5.83. The normalized spacial score (nSPS) is 18.3. The second kappa shape index (κ2) is 8.31. The number of nitrogens with zero attached hydrogens (tertiary/aromatic N) is 1. The highest BCUT2D eigenvalue weighted by molar-refractivity contribution is 5.96. The molecule has 0 saturated carbocycles. The molecule has 1 unspecified atom stereocenters. The van der Waals surface area contributed by atoms with Crippen LogP contribution in [0.3, 0.4) is 0 Å². The van der Waals surface area contributed by atoms with E-state index in [0.29, 0.717) is 25.3 Å². The molecule has 1 aliphatic rings. The summed E-state index contributed by atoms with van der Waals surface area (Å²) in [4.78, 5) is 36.4. The first-order valence-corrected chi connectivity index (χ1v) is 8.70. The molecule has 1 aromatic rings. The van der Waals surface area contributed by atoms with Gasteiger partial charge in [-0.1, -0.05) is 25.9 Å². The van der Waals surface area contributed by atoms with Gasteiger partial charge in [0.15, 0.2) is 5.69 Å². The first kappa shape index (κ1) is 19.9. The van der Waals surface area contributed by atoms with Crippen molar-refractivity contribution in [3.05, 3.63) is 17.5 Å². The Balaban J connectivity index is 1.93. The van der Waals surface area contributed by atoms with E-state index in [0.717, 1.165) is 6.42 Å². The van der Waals surface area contributed by atoms with Crippen LogP contribution in [0, 0.1) is 18.3 Å². The fourth-order valence-electron chi connectivity index (χ4n) is 2.72. The molecule has 2 atom stereocenters. The molecule has 9 nitrogen and oxygen atoms in total. The molecule has 2 heterocycles. The summed E-state index contributed by atoms with van der Waals surface area (Å²) in [6, 6.07) is 0.766. The summed E-state index contributed by atoms with van der Waals surface area (Å²) in [5.41, 5.74) is 5.33. The number of hydrazine groups is 1. The van der Waals surface area contributed by atoms with Crippen molar-refractivity contribution in [2.75, 3.05) is 13.1 Å². The maximum atomic E-state index is 12.5. The quantitative estimate of drug-likeness (QED) is 0.514. The van der Waals surface area contributed by atoms with E-state index in [4.69, 9.17) is 4.52 Å². The molecule has 3 amide bonds. The number of amides is 3. The molecule has 26 heavy (non-hydrogen) atoms. The van der Waals surface area contributed by atoms with E-state index in [1.807, 2.05) is 20.8 Å². The predicted molar refractivity (Wildman–Crippen MR) is 93.8 cm³/mol. The lowest BCUT2D eigenvalue weighted by atomic mass is 9.87. The smallest absolute Gasteiger partial charge is 0.274 e. The number of rotatable bonds is 7. The van der Waals surface area contributed by atoms with Crippen molar-refractivity contribution >= 4 is 17.7 Å². The average molecular weight is 365 g/mol. The van der Waals surface area contributed by atoms with Gasteiger partial charge in [0.2, 0.25) is 5.91 Å². The lowest BCUT2D eigenvalue weighted by molar-refractivity contribution is -0.126. The molecule has 1 saturated heterocycles. The number of carbonyl (C=O) groups excluding carboxylic acids is 3. The molecule has 1 aromatic heterocycles. The summed E-state index contributed by atoms with van der Waals surface area (Å²) in [6.07, 6.45) is 1.17. The lowest BCUT2D eigenvalue weighted by Crippen LogP contribution is -2.53. The fourth-order valence-corrected chi connectivity index (χ4v) is 2.72. The van der Waals surface area contributed by atoms with Crippen molar-refractivity contribution in [2.24, 2.45) is 11.3 Å². The minimum absolute atomic E-state index is 0.0207. The standard InChI is InChI=1S/C17H27N5O4/c1-10-7-12(22-26-10)15(24)20-13(8-17(2,3)4)16(25)21-19-9-11-5-6-18-14(11)23/h7,11,13,19H,5-6,8-9H2,1-4H3,(H,18,23)(H,20,24)(H,21,25)/t11-,13?/m0/s1. The van der Waals surface area contributed by atoms with Gasteiger partial charge in [-0.25, -0.2) is 5.43 Å². The number of aromatic nitrogens is 1. The van der Waals surface area contributed by atoms with Crippen molar-refractivity contribution in [3.63, 3.8) is 0 Å². The van der Waals surface area contributed by atoms with Crippen LogP contribution < -0.4 is 21.5 Å². The number of aryl methyl sites for hydroxylation is 1. The first-order chi connectivity index (χ1) is 12.2. The Kier molecular flexibility index (Phi) is 6.36. The summed E-state index contributed by atoms with van der Waals surface area (Å²) in [6.45, 7) is 8.63. The number of nitrogens with one attached hydrogen (secondary N) is 4. The summed E-state index contributed by atoms with van der Waals surface area (Å²) in [5, 5.41) is 9.11. The zero-order valence-electron chi connectivity index (χ0n) is 15.6. The van der Waals surface area contributed by atoms with E-state index in [1.165, 1.54) is 6.07 Å². The second-order valence-corrected chi connectivity index (χ2v) is 7.76. The molecule has 9 heteroatoms. The zero-order valence-corrected chi connectivity index (χ0v) is 15.6. The van der Waals surface area contributed by atoms with Crippen molar-refractivity contribution in [3.8, 4) is 0 Å². The summed E-state index contributed by atoms with van der Waals surface area (Å²) in [5.74, 6) is -0.506. The van der Waals surface area contributed by atoms with Gasteiger partial charge >= 0.3 is 0 Å². The second-order valence-electron chi connectivity index (χ2n) is 7.76. The highest BCUT2D eigenvalue weighted by Gasteiger charge is 2.28. The molecule has 1 fully saturated rings. The first-order valence-electron chi connectivity index (χ1n) is 8.70. The molecular weight excluding hydrogens is 338 g/mol. The van der Waals surface area contributed by atoms with Crippen LogP contribution in [0.2, 0.25) is 0 Å². The van der Waals surface area contributed by atoms with E-state index in [2.05, 4.69) is 26.6 Å². The van der Waals surface area contributed by atoms with Crippen molar-refractivity contribution in [1.29, 1.82) is 0 Å². The lowest BCUT2D eigenvalue weighted by Gasteiger charge is -2.26. The van der Waals surface area contributed by atoms with Gasteiger partial charge in [-0.2, -0.15) is 0 Å². The fraction of sp³-hybridized carbons (Fsp3) is 0.647. The number of hydrogen-bond acceptors (Lipinski definition) is 6. The highest BCUT2D eigenvalue weighted by Crippen LogP contribution is 2.21. The van der Waals surface area contributed by atoms with Gasteiger partial charge in [-0.3, -0.25) is 19.8 Å². The van der Waals surface area contributed by atoms with Crippen LogP contribution in [-0.4, -0.2) is 42.0 Å². The maximum absolute atomic E-state index is 12.5. The van der Waals surface area contributed by atoms with Crippen LogP contribution in [0.1, 0.15) is 49.9 Å². The average Bonchev–Trinajstić information content (AvgIpc) is 3.14. The van der Waals surface area contributed by atoms with Crippen molar-refractivity contribution in [1.82, 2.24) is 26.6 Å². The van der Waals surface area contributed by atoms with Gasteiger partial charge in [0.05, 0.1) is 5.92 Å². The molecule has 0 aromatic carbocycles. The van der Waals surface area contributed by atoms with Gasteiger partial charge < -0.3 is 15.2 Å². The Morgan fingerprint density at radius 1 is 1.42 bits per heavy atom. The summed E-state index contributed by atoms with van der Waals surface area (Å²) < 4.78 is 4.90. The molecule has 4 N–H and O–H groups in total. The molecular formula is C17H27N5O4. The minimum atomic E-state index is -0.746. The molecule has 144 valence electrons. The Hall–Kier alpha value is -2.42. The third-order valence-electron chi connectivity index (χ3n) is 4.02. The number of hydrogen-bond donors (Lipinski definition) is 4. The molecule has 0 spiro atoms. The SMILES string of the molecule is Cc1cc(C(=O)NC(CC(C)(C)C)C(=O)NNC[C@@H]2CCNC2=O)no1. The maximum Gasteiger partial charge on any atom is 0.274 e. The van der Waals surface area contributed by atoms with Crippen molar-refractivity contribution in [2.45, 2.75) is 46.6 Å². The van der Waals surface area contributed by atoms with Crippen LogP contribution in [0.25, 0.3) is 0 Å². The monoisotopic (exact) mass is 365 g/mol. The third-order valence-corrected chi connectivity index (χ3v) is 4.02. The summed E-state index contributed by atoms with van der Waals surface area (Å²) in [7, 11) is 0. The predicted octanol–water partition coefficient (Wildman–Crippen LogP) is 0.275. The molecule has 0 radical (unpaired) electrons. The van der Waals surface area contributed by atoms with Gasteiger partial charge in [-0.15, -0.1) is 0 Å². The van der Waals surface area contributed by atoms with Crippen LogP contribution in [-0.2, 0) is 9.59 Å². The van der Waals surface area contributed by atoms with Crippen LogP contribution in [0.4, 0.5) is 0 Å². The largest absolute Gasteiger partial charge is 0.361 e. The van der Waals surface area contributed by atoms with Gasteiger partial charge in [0, 0.05) is 19.2 Å². The number of carbonyl (C=O) groups is 3. The summed E-state index contributed by atoms with van der Waals surface area (Å²) >= 11 is 0.